The molecule has 0 bridgehead atoms. The molecule has 10 heteroatoms. The van der Waals surface area contributed by atoms with Gasteiger partial charge in [0.2, 0.25) is 0 Å². The van der Waals surface area contributed by atoms with Crippen LogP contribution in [0, 0.1) is 0 Å². The van der Waals surface area contributed by atoms with Crippen LogP contribution in [0.2, 0.25) is 0 Å². The Balaban J connectivity index is 3.07. The summed E-state index contributed by atoms with van der Waals surface area (Å²) in [4.78, 5) is 0. The summed E-state index contributed by atoms with van der Waals surface area (Å²) in [5, 5.41) is 0. The first-order chi connectivity index (χ1) is 11.7. The van der Waals surface area contributed by atoms with Crippen molar-refractivity contribution in [2.24, 2.45) is 0 Å². The largest absolute Gasteiger partial charge is 0.495 e. The second-order valence-electron chi connectivity index (χ2n) is 4.56. The zero-order valence-electron chi connectivity index (χ0n) is 12.5. The van der Waals surface area contributed by atoms with Crippen LogP contribution in [-0.2, 0) is 0 Å². The number of rotatable bonds is 4. The number of methoxy groups -OCH3 is 1. The smallest absolute Gasteiger partial charge is 0.143 e. The molecular weight excluding hydrogens is 851 g/mol. The van der Waals surface area contributed by atoms with Crippen molar-refractivity contribution in [3.8, 4) is 22.6 Å². The van der Waals surface area contributed by atoms with Crippen molar-refractivity contribution in [2.45, 2.75) is 6.92 Å². The number of hydrogen-bond donors (Lipinski definition) is 0. The van der Waals surface area contributed by atoms with Gasteiger partial charge in [0, 0.05) is 29.0 Å². The van der Waals surface area contributed by atoms with Crippen molar-refractivity contribution < 1.29 is 9.47 Å². The van der Waals surface area contributed by atoms with E-state index in [0.717, 1.165) is 46.9 Å². The molecule has 0 N–H and O–H groups in total. The van der Waals surface area contributed by atoms with Crippen molar-refractivity contribution in [1.82, 2.24) is 0 Å². The minimum atomic E-state index is 0.519. The van der Waals surface area contributed by atoms with E-state index in [1.165, 1.54) is 0 Å². The Morgan fingerprint density at radius 1 is 0.560 bits per heavy atom. The van der Waals surface area contributed by atoms with Crippen molar-refractivity contribution in [3.05, 3.63) is 35.8 Å². The fraction of sp³-hybridized carbons (Fsp3) is 0.200. The van der Waals surface area contributed by atoms with Crippen LogP contribution in [0.3, 0.4) is 0 Å². The maximum absolute atomic E-state index is 5.96. The summed E-state index contributed by atoms with van der Waals surface area (Å²) in [6.45, 7) is 2.46. The van der Waals surface area contributed by atoms with Gasteiger partial charge < -0.3 is 9.47 Å². The monoisotopic (exact) mass is 851 g/mol. The molecule has 0 saturated carbocycles. The lowest BCUT2D eigenvalue weighted by Gasteiger charge is -2.22. The topological polar surface area (TPSA) is 18.5 Å². The van der Waals surface area contributed by atoms with Crippen LogP contribution in [0.25, 0.3) is 11.1 Å². The number of benzene rings is 2. The second-order valence-corrected chi connectivity index (χ2v) is 10.9. The first kappa shape index (κ1) is 23.2. The van der Waals surface area contributed by atoms with E-state index in [1.807, 2.05) is 6.92 Å². The molecule has 0 fully saturated rings. The van der Waals surface area contributed by atoms with Gasteiger partial charge in [-0.15, -0.1) is 0 Å². The van der Waals surface area contributed by atoms with Crippen molar-refractivity contribution >= 4 is 127 Å². The Bertz CT molecular complexity index is 851. The molecule has 0 atom stereocenters. The fourth-order valence-electron chi connectivity index (χ4n) is 2.14. The van der Waals surface area contributed by atoms with Gasteiger partial charge in [0.05, 0.1) is 31.6 Å². The van der Waals surface area contributed by atoms with Crippen molar-refractivity contribution in [2.75, 3.05) is 13.7 Å². The van der Waals surface area contributed by atoms with Crippen LogP contribution >= 0.6 is 127 Å². The van der Waals surface area contributed by atoms with Crippen molar-refractivity contribution in [3.63, 3.8) is 0 Å². The zero-order valence-corrected chi connectivity index (χ0v) is 25.2. The van der Waals surface area contributed by atoms with E-state index < -0.39 is 0 Å². The van der Waals surface area contributed by atoms with Gasteiger partial charge in [-0.25, -0.2) is 0 Å². The van der Waals surface area contributed by atoms with Gasteiger partial charge in [-0.3, -0.25) is 0 Å². The summed E-state index contributed by atoms with van der Waals surface area (Å²) in [6, 6.07) is 0. The highest BCUT2D eigenvalue weighted by Gasteiger charge is 2.29. The van der Waals surface area contributed by atoms with Crippen LogP contribution in [0.5, 0.6) is 11.5 Å². The average Bonchev–Trinajstić information content (AvgIpc) is 2.60. The van der Waals surface area contributed by atoms with Gasteiger partial charge in [-0.05, 0) is 134 Å². The van der Waals surface area contributed by atoms with Gasteiger partial charge in [-0.2, -0.15) is 0 Å². The second kappa shape index (κ2) is 9.59. The molecule has 0 saturated heterocycles. The minimum absolute atomic E-state index is 0.519. The van der Waals surface area contributed by atoms with Crippen molar-refractivity contribution in [1.29, 1.82) is 0 Å². The molecule has 25 heavy (non-hydrogen) atoms. The predicted octanol–water partition coefficient (Wildman–Crippen LogP) is 9.86. The quantitative estimate of drug-likeness (QED) is 0.225. The van der Waals surface area contributed by atoms with Crippen LogP contribution in [0.4, 0.5) is 0 Å². The summed E-state index contributed by atoms with van der Waals surface area (Å²) >= 11 is 29.0. The Kier molecular flexibility index (Phi) is 8.88. The molecule has 2 aromatic rings. The SMILES string of the molecule is CCOc1c(Br)c(Br)c(Br)c(Br)c1-c1c(Br)c(Br)c(Br)c(Br)c1OC. The molecule has 0 unspecified atom stereocenters. The normalized spacial score (nSPS) is 11.0. The summed E-state index contributed by atoms with van der Waals surface area (Å²) in [5.41, 5.74) is 1.69. The van der Waals surface area contributed by atoms with E-state index in [9.17, 15) is 0 Å². The summed E-state index contributed by atoms with van der Waals surface area (Å²) < 4.78 is 18.4. The molecule has 0 radical (unpaired) electrons. The third kappa shape index (κ3) is 4.26. The molecule has 2 rings (SSSR count). The third-order valence-electron chi connectivity index (χ3n) is 3.19. The van der Waals surface area contributed by atoms with Gasteiger partial charge in [-0.1, -0.05) is 0 Å². The fourth-order valence-corrected chi connectivity index (χ4v) is 6.98. The first-order valence-electron chi connectivity index (χ1n) is 6.57. The Hall–Kier alpha value is 1.88. The molecule has 136 valence electrons. The molecule has 0 aliphatic heterocycles. The summed E-state index contributed by atoms with van der Waals surface area (Å²) in [5.74, 6) is 1.37. The molecular formula is C15H8Br8O2. The van der Waals surface area contributed by atoms with E-state index in [2.05, 4.69) is 127 Å². The molecule has 0 aromatic heterocycles. The average molecular weight is 859 g/mol. The maximum Gasteiger partial charge on any atom is 0.143 e. The molecule has 2 nitrogen and oxygen atoms in total. The van der Waals surface area contributed by atoms with Crippen LogP contribution in [0.15, 0.2) is 35.8 Å². The molecule has 0 heterocycles. The predicted molar refractivity (Wildman–Crippen MR) is 131 cm³/mol. The van der Waals surface area contributed by atoms with E-state index in [4.69, 9.17) is 9.47 Å². The summed E-state index contributed by atoms with van der Waals surface area (Å²) in [6.07, 6.45) is 0. The highest BCUT2D eigenvalue weighted by atomic mass is 79.9. The van der Waals surface area contributed by atoms with Crippen LogP contribution in [-0.4, -0.2) is 13.7 Å². The molecule has 0 amide bonds. The standard InChI is InChI=1S/C15H8Br8O2/c1-3-25-15-5(7(17)9(19)11(21)13(15)23)4-6(16)8(18)10(20)12(22)14(4)24-2/h3H2,1-2H3. The lowest BCUT2D eigenvalue weighted by Crippen LogP contribution is -2.01. The van der Waals surface area contributed by atoms with Crippen LogP contribution < -0.4 is 9.47 Å². The van der Waals surface area contributed by atoms with E-state index in [-0.39, 0.29) is 0 Å². The highest BCUT2D eigenvalue weighted by molar-refractivity contribution is 9.15. The highest BCUT2D eigenvalue weighted by Crippen LogP contribution is 2.57. The molecule has 2 aromatic carbocycles. The zero-order chi connectivity index (χ0) is 19.0. The van der Waals surface area contributed by atoms with E-state index in [1.54, 1.807) is 7.11 Å². The summed E-state index contributed by atoms with van der Waals surface area (Å²) in [7, 11) is 1.63. The number of halogens is 8. The lowest BCUT2D eigenvalue weighted by molar-refractivity contribution is 0.338. The third-order valence-corrected chi connectivity index (χ3v) is 12.7. The number of ether oxygens (including phenoxy) is 2. The Morgan fingerprint density at radius 2 is 0.920 bits per heavy atom. The van der Waals surface area contributed by atoms with Gasteiger partial charge in [0.1, 0.15) is 11.5 Å². The van der Waals surface area contributed by atoms with Gasteiger partial charge >= 0.3 is 0 Å². The minimum Gasteiger partial charge on any atom is -0.495 e. The van der Waals surface area contributed by atoms with Gasteiger partial charge in [0.25, 0.3) is 0 Å². The van der Waals surface area contributed by atoms with E-state index in [0.29, 0.717) is 18.1 Å². The first-order valence-corrected chi connectivity index (χ1v) is 12.9. The molecule has 0 aliphatic carbocycles. The number of hydrogen-bond acceptors (Lipinski definition) is 2. The lowest BCUT2D eigenvalue weighted by atomic mass is 10.0. The Labute approximate surface area is 213 Å². The Morgan fingerprint density at radius 3 is 1.32 bits per heavy atom. The molecule has 0 spiro atoms. The van der Waals surface area contributed by atoms with Gasteiger partial charge in [0.15, 0.2) is 0 Å². The molecule has 0 aliphatic rings. The maximum atomic E-state index is 5.96. The van der Waals surface area contributed by atoms with Crippen LogP contribution in [0.1, 0.15) is 6.92 Å². The van der Waals surface area contributed by atoms with E-state index >= 15 is 0 Å².